The van der Waals surface area contributed by atoms with Crippen LogP contribution in [0.2, 0.25) is 5.02 Å². The zero-order valence-electron chi connectivity index (χ0n) is 11.2. The number of carbonyl (C=O) groups is 1. The summed E-state index contributed by atoms with van der Waals surface area (Å²) in [4.78, 5) is 11.3. The summed E-state index contributed by atoms with van der Waals surface area (Å²) in [6.45, 7) is 6.11. The number of halogens is 1. The largest absolute Gasteiger partial charge is 0.464 e. The van der Waals surface area contributed by atoms with Crippen LogP contribution >= 0.6 is 11.6 Å². The van der Waals surface area contributed by atoms with Gasteiger partial charge in [-0.05, 0) is 17.7 Å². The Kier molecular flexibility index (Phi) is 3.54. The zero-order chi connectivity index (χ0) is 14.2. The van der Waals surface area contributed by atoms with Crippen LogP contribution < -0.4 is 0 Å². The molecule has 1 atom stereocenters. The number of hydrogen-bond acceptors (Lipinski definition) is 2. The third-order valence-corrected chi connectivity index (χ3v) is 3.48. The molecule has 2 rings (SSSR count). The molecule has 0 aliphatic carbocycles. The van der Waals surface area contributed by atoms with Gasteiger partial charge in [-0.1, -0.05) is 44.5 Å². The third-order valence-electron chi connectivity index (χ3n) is 3.23. The molecule has 0 saturated heterocycles. The molecule has 0 spiro atoms. The van der Waals surface area contributed by atoms with Crippen LogP contribution in [0.5, 0.6) is 0 Å². The van der Waals surface area contributed by atoms with Gasteiger partial charge in [0, 0.05) is 22.6 Å². The first kappa shape index (κ1) is 13.9. The molecule has 1 unspecified atom stereocenters. The second kappa shape index (κ2) is 4.85. The number of rotatable bonds is 1. The molecule has 19 heavy (non-hydrogen) atoms. The highest BCUT2D eigenvalue weighted by atomic mass is 35.5. The Labute approximate surface area is 117 Å². The van der Waals surface area contributed by atoms with Crippen LogP contribution in [-0.2, 0) is 0 Å². The summed E-state index contributed by atoms with van der Waals surface area (Å²) < 4.78 is 0. The van der Waals surface area contributed by atoms with Gasteiger partial charge in [0.2, 0.25) is 0 Å². The smallest absolute Gasteiger partial charge is 0.428 e. The highest BCUT2D eigenvalue weighted by molar-refractivity contribution is 6.30. The molecule has 1 aliphatic rings. The van der Waals surface area contributed by atoms with Crippen molar-refractivity contribution in [3.63, 3.8) is 0 Å². The van der Waals surface area contributed by atoms with Crippen LogP contribution in [0.1, 0.15) is 38.8 Å². The summed E-state index contributed by atoms with van der Waals surface area (Å²) in [6.07, 6.45) is -0.406. The lowest BCUT2D eigenvalue weighted by molar-refractivity contribution is 0.134. The number of amides is 1. The van der Waals surface area contributed by atoms with E-state index in [9.17, 15) is 9.90 Å². The number of hydrazone groups is 1. The van der Waals surface area contributed by atoms with Gasteiger partial charge in [-0.25, -0.2) is 4.79 Å². The van der Waals surface area contributed by atoms with E-state index in [-0.39, 0.29) is 11.5 Å². The molecule has 1 aliphatic heterocycles. The van der Waals surface area contributed by atoms with Crippen molar-refractivity contribution in [3.05, 3.63) is 34.9 Å². The minimum Gasteiger partial charge on any atom is -0.464 e. The standard InChI is InChI=1S/C14H17ClN2O2/c1-14(2,3)12-8-11(17(16-12)13(18)19)9-4-6-10(15)7-5-9/h4-7,11H,8H2,1-3H3,(H,18,19). The molecule has 102 valence electrons. The summed E-state index contributed by atoms with van der Waals surface area (Å²) in [5.41, 5.74) is 1.68. The summed E-state index contributed by atoms with van der Waals surface area (Å²) >= 11 is 5.86. The molecule has 0 saturated carbocycles. The molecule has 1 N–H and O–H groups in total. The van der Waals surface area contributed by atoms with Crippen molar-refractivity contribution in [2.45, 2.75) is 33.2 Å². The molecular formula is C14H17ClN2O2. The van der Waals surface area contributed by atoms with E-state index >= 15 is 0 Å². The first-order valence-electron chi connectivity index (χ1n) is 6.14. The van der Waals surface area contributed by atoms with E-state index in [0.717, 1.165) is 16.3 Å². The van der Waals surface area contributed by atoms with Gasteiger partial charge in [0.05, 0.1) is 6.04 Å². The van der Waals surface area contributed by atoms with Gasteiger partial charge in [-0.3, -0.25) is 0 Å². The van der Waals surface area contributed by atoms with E-state index < -0.39 is 6.09 Å². The van der Waals surface area contributed by atoms with Crippen molar-refractivity contribution in [1.82, 2.24) is 5.01 Å². The Hall–Kier alpha value is -1.55. The van der Waals surface area contributed by atoms with Crippen LogP contribution in [0.3, 0.4) is 0 Å². The third kappa shape index (κ3) is 2.89. The van der Waals surface area contributed by atoms with Gasteiger partial charge in [0.25, 0.3) is 0 Å². The van der Waals surface area contributed by atoms with E-state index in [1.165, 1.54) is 0 Å². The van der Waals surface area contributed by atoms with Crippen LogP contribution in [0.15, 0.2) is 29.4 Å². The highest BCUT2D eigenvalue weighted by Gasteiger charge is 2.36. The summed E-state index contributed by atoms with van der Waals surface area (Å²) in [5.74, 6) is 0. The fraction of sp³-hybridized carbons (Fsp3) is 0.429. The SMILES string of the molecule is CC(C)(C)C1=NN(C(=O)O)C(c2ccc(Cl)cc2)C1. The maximum Gasteiger partial charge on any atom is 0.428 e. The first-order chi connectivity index (χ1) is 8.79. The molecule has 1 heterocycles. The van der Waals surface area contributed by atoms with Crippen molar-refractivity contribution in [2.75, 3.05) is 0 Å². The predicted molar refractivity (Wildman–Crippen MR) is 75.6 cm³/mol. The molecule has 0 bridgehead atoms. The number of carboxylic acid groups (broad SMARTS) is 1. The van der Waals surface area contributed by atoms with E-state index in [2.05, 4.69) is 5.10 Å². The monoisotopic (exact) mass is 280 g/mol. The normalized spacial score (nSPS) is 19.5. The maximum absolute atomic E-state index is 11.3. The number of hydrogen-bond donors (Lipinski definition) is 1. The summed E-state index contributed by atoms with van der Waals surface area (Å²) in [7, 11) is 0. The molecule has 0 aromatic heterocycles. The van der Waals surface area contributed by atoms with E-state index in [1.807, 2.05) is 32.9 Å². The Morgan fingerprint density at radius 3 is 2.42 bits per heavy atom. The molecule has 0 radical (unpaired) electrons. The predicted octanol–water partition coefficient (Wildman–Crippen LogP) is 4.17. The van der Waals surface area contributed by atoms with Gasteiger partial charge in [0.1, 0.15) is 0 Å². The molecule has 1 amide bonds. The van der Waals surface area contributed by atoms with Crippen molar-refractivity contribution in [1.29, 1.82) is 0 Å². The van der Waals surface area contributed by atoms with E-state index in [4.69, 9.17) is 11.6 Å². The fourth-order valence-electron chi connectivity index (χ4n) is 2.09. The lowest BCUT2D eigenvalue weighted by atomic mass is 9.86. The number of benzene rings is 1. The van der Waals surface area contributed by atoms with Crippen LogP contribution in [0.25, 0.3) is 0 Å². The lowest BCUT2D eigenvalue weighted by Crippen LogP contribution is -2.25. The van der Waals surface area contributed by atoms with Crippen molar-refractivity contribution in [3.8, 4) is 0 Å². The Balaban J connectivity index is 2.32. The summed E-state index contributed by atoms with van der Waals surface area (Å²) in [6, 6.07) is 6.98. The van der Waals surface area contributed by atoms with Gasteiger partial charge in [-0.15, -0.1) is 0 Å². The molecule has 5 heteroatoms. The van der Waals surface area contributed by atoms with Gasteiger partial charge < -0.3 is 5.11 Å². The van der Waals surface area contributed by atoms with E-state index in [0.29, 0.717) is 11.4 Å². The van der Waals surface area contributed by atoms with Gasteiger partial charge >= 0.3 is 6.09 Å². The van der Waals surface area contributed by atoms with Crippen LogP contribution in [0, 0.1) is 5.41 Å². The average Bonchev–Trinajstić information content (AvgIpc) is 2.74. The second-order valence-corrected chi connectivity index (χ2v) is 6.13. The molecule has 4 nitrogen and oxygen atoms in total. The quantitative estimate of drug-likeness (QED) is 0.839. The van der Waals surface area contributed by atoms with Crippen LogP contribution in [-0.4, -0.2) is 21.9 Å². The molecular weight excluding hydrogens is 264 g/mol. The van der Waals surface area contributed by atoms with Crippen molar-refractivity contribution in [2.24, 2.45) is 10.5 Å². The van der Waals surface area contributed by atoms with Crippen LogP contribution in [0.4, 0.5) is 4.79 Å². The minimum absolute atomic E-state index is 0.130. The highest BCUT2D eigenvalue weighted by Crippen LogP contribution is 2.36. The Bertz CT molecular complexity index is 517. The minimum atomic E-state index is -1.03. The Morgan fingerprint density at radius 1 is 1.37 bits per heavy atom. The fourth-order valence-corrected chi connectivity index (χ4v) is 2.21. The zero-order valence-corrected chi connectivity index (χ0v) is 12.0. The van der Waals surface area contributed by atoms with E-state index in [1.54, 1.807) is 12.1 Å². The van der Waals surface area contributed by atoms with Gasteiger partial charge in [0.15, 0.2) is 0 Å². The number of nitrogens with zero attached hydrogens (tertiary/aromatic N) is 2. The van der Waals surface area contributed by atoms with Gasteiger partial charge in [-0.2, -0.15) is 10.1 Å². The van der Waals surface area contributed by atoms with Crippen molar-refractivity contribution < 1.29 is 9.90 Å². The molecule has 1 aromatic carbocycles. The second-order valence-electron chi connectivity index (χ2n) is 5.70. The molecule has 1 aromatic rings. The Morgan fingerprint density at radius 2 is 1.95 bits per heavy atom. The first-order valence-corrected chi connectivity index (χ1v) is 6.52. The maximum atomic E-state index is 11.3. The topological polar surface area (TPSA) is 52.9 Å². The lowest BCUT2D eigenvalue weighted by Gasteiger charge is -2.19. The summed E-state index contributed by atoms with van der Waals surface area (Å²) in [5, 5.41) is 15.3. The molecule has 0 fully saturated rings. The van der Waals surface area contributed by atoms with Crippen molar-refractivity contribution >= 4 is 23.4 Å². The average molecular weight is 281 g/mol.